The molecule has 8 rings (SSSR count). The number of hydrogen-bond donors (Lipinski definition) is 0. The molecule has 5 heterocycles. The molecule has 0 N–H and O–H groups in total. The largest absolute Gasteiger partial charge is 0.309 e. The first-order valence-electron chi connectivity index (χ1n) is 15.0. The van der Waals surface area contributed by atoms with Crippen molar-refractivity contribution in [1.82, 2.24) is 24.5 Å². The molecule has 218 valence electrons. The smallest absolute Gasteiger partial charge is 0.141 e. The van der Waals surface area contributed by atoms with E-state index in [1.807, 2.05) is 66.7 Å². The number of benzene rings is 3. The van der Waals surface area contributed by atoms with Crippen LogP contribution in [0, 0.1) is 22.7 Å². The van der Waals surface area contributed by atoms with E-state index in [1.54, 1.807) is 24.5 Å². The standard InChI is InChI=1S/C40H23N7/c41-24-30-20-28(16-18-43-30)37-10-4-8-35(45-37)26-12-14-33-34-15-13-27(23-40(34)47(39(33)22-26)32-6-2-1-3-7-32)36-9-5-11-38(46-36)29-17-19-44-31(21-29)25-42/h1-23H. The number of rotatable bonds is 5. The van der Waals surface area contributed by atoms with Gasteiger partial charge in [0, 0.05) is 51.1 Å². The lowest BCUT2D eigenvalue weighted by Crippen LogP contribution is -1.95. The van der Waals surface area contributed by atoms with Gasteiger partial charge in [-0.15, -0.1) is 0 Å². The van der Waals surface area contributed by atoms with Gasteiger partial charge in [0.25, 0.3) is 0 Å². The fourth-order valence-electron chi connectivity index (χ4n) is 6.01. The second kappa shape index (κ2) is 11.5. The zero-order valence-electron chi connectivity index (χ0n) is 24.9. The number of aromatic nitrogens is 5. The number of fused-ring (bicyclic) bond motifs is 3. The van der Waals surface area contributed by atoms with Gasteiger partial charge in [-0.2, -0.15) is 10.5 Å². The van der Waals surface area contributed by atoms with Gasteiger partial charge < -0.3 is 4.57 Å². The average Bonchev–Trinajstić information content (AvgIpc) is 3.48. The summed E-state index contributed by atoms with van der Waals surface area (Å²) in [7, 11) is 0. The number of hydrogen-bond acceptors (Lipinski definition) is 6. The quantitative estimate of drug-likeness (QED) is 0.195. The van der Waals surface area contributed by atoms with Crippen molar-refractivity contribution in [3.63, 3.8) is 0 Å². The van der Waals surface area contributed by atoms with E-state index in [0.717, 1.165) is 72.5 Å². The van der Waals surface area contributed by atoms with E-state index in [-0.39, 0.29) is 0 Å². The Morgan fingerprint density at radius 2 is 0.894 bits per heavy atom. The molecule has 0 amide bonds. The van der Waals surface area contributed by atoms with Gasteiger partial charge >= 0.3 is 0 Å². The number of nitriles is 2. The van der Waals surface area contributed by atoms with Crippen molar-refractivity contribution in [2.24, 2.45) is 0 Å². The molecule has 47 heavy (non-hydrogen) atoms. The van der Waals surface area contributed by atoms with E-state index < -0.39 is 0 Å². The summed E-state index contributed by atoms with van der Waals surface area (Å²) in [6.45, 7) is 0. The second-order valence-electron chi connectivity index (χ2n) is 11.0. The fourth-order valence-corrected chi connectivity index (χ4v) is 6.01. The zero-order chi connectivity index (χ0) is 31.7. The van der Waals surface area contributed by atoms with E-state index in [2.05, 4.69) is 75.2 Å². The molecule has 0 unspecified atom stereocenters. The van der Waals surface area contributed by atoms with Crippen LogP contribution in [0.25, 0.3) is 72.5 Å². The van der Waals surface area contributed by atoms with Crippen molar-refractivity contribution in [2.75, 3.05) is 0 Å². The van der Waals surface area contributed by atoms with Gasteiger partial charge in [-0.05, 0) is 72.8 Å². The molecular formula is C40H23N7. The predicted octanol–water partition coefficient (Wildman–Crippen LogP) is 8.78. The summed E-state index contributed by atoms with van der Waals surface area (Å²) in [5.74, 6) is 0. The minimum atomic E-state index is 0.357. The average molecular weight is 602 g/mol. The van der Waals surface area contributed by atoms with E-state index in [4.69, 9.17) is 9.97 Å². The first kappa shape index (κ1) is 27.6. The molecule has 0 radical (unpaired) electrons. The number of para-hydroxylation sites is 1. The summed E-state index contributed by atoms with van der Waals surface area (Å²) in [4.78, 5) is 18.1. The lowest BCUT2D eigenvalue weighted by Gasteiger charge is -2.10. The highest BCUT2D eigenvalue weighted by molar-refractivity contribution is 6.11. The first-order chi connectivity index (χ1) is 23.2. The maximum Gasteiger partial charge on any atom is 0.141 e. The minimum absolute atomic E-state index is 0.357. The summed E-state index contributed by atoms with van der Waals surface area (Å²) in [6, 6.07) is 46.6. The van der Waals surface area contributed by atoms with E-state index in [1.165, 1.54) is 0 Å². The van der Waals surface area contributed by atoms with Crippen LogP contribution in [0.5, 0.6) is 0 Å². The van der Waals surface area contributed by atoms with E-state index in [0.29, 0.717) is 11.4 Å². The van der Waals surface area contributed by atoms with E-state index >= 15 is 0 Å². The van der Waals surface area contributed by atoms with Crippen molar-refractivity contribution in [1.29, 1.82) is 10.5 Å². The highest BCUT2D eigenvalue weighted by Crippen LogP contribution is 2.37. The van der Waals surface area contributed by atoms with Crippen LogP contribution < -0.4 is 0 Å². The Bertz CT molecular complexity index is 2400. The summed E-state index contributed by atoms with van der Waals surface area (Å²) in [6.07, 6.45) is 3.27. The lowest BCUT2D eigenvalue weighted by atomic mass is 10.0. The van der Waals surface area contributed by atoms with Gasteiger partial charge in [0.05, 0.1) is 33.8 Å². The SMILES string of the molecule is N#Cc1cc(-c2cccc(-c3ccc4c5ccc(-c6cccc(-c7ccnc(C#N)c7)n6)cc5n(-c5ccccc5)c4c3)n2)ccn1. The van der Waals surface area contributed by atoms with Gasteiger partial charge in [0.15, 0.2) is 0 Å². The summed E-state index contributed by atoms with van der Waals surface area (Å²) in [5.41, 5.74) is 10.8. The molecule has 8 aromatic rings. The molecule has 7 nitrogen and oxygen atoms in total. The third-order valence-corrected chi connectivity index (χ3v) is 8.21. The Kier molecular flexibility index (Phi) is 6.76. The monoisotopic (exact) mass is 601 g/mol. The third kappa shape index (κ3) is 5.04. The molecule has 0 bridgehead atoms. The fraction of sp³-hybridized carbons (Fsp3) is 0. The number of pyridine rings is 4. The van der Waals surface area contributed by atoms with Gasteiger partial charge in [-0.25, -0.2) is 19.9 Å². The van der Waals surface area contributed by atoms with Crippen LogP contribution in [-0.4, -0.2) is 24.5 Å². The molecule has 0 aliphatic carbocycles. The zero-order valence-corrected chi connectivity index (χ0v) is 24.9. The van der Waals surface area contributed by atoms with Crippen molar-refractivity contribution in [2.45, 2.75) is 0 Å². The molecule has 3 aromatic carbocycles. The van der Waals surface area contributed by atoms with Gasteiger partial charge in [0.1, 0.15) is 23.5 Å². The van der Waals surface area contributed by atoms with Crippen molar-refractivity contribution >= 4 is 21.8 Å². The highest BCUT2D eigenvalue weighted by atomic mass is 15.0. The molecule has 0 aliphatic heterocycles. The third-order valence-electron chi connectivity index (χ3n) is 8.21. The molecule has 0 fully saturated rings. The van der Waals surface area contributed by atoms with E-state index in [9.17, 15) is 10.5 Å². The van der Waals surface area contributed by atoms with Crippen molar-refractivity contribution in [3.8, 4) is 62.9 Å². The van der Waals surface area contributed by atoms with Crippen LogP contribution in [0.4, 0.5) is 0 Å². The Balaban J connectivity index is 1.28. The van der Waals surface area contributed by atoms with Crippen LogP contribution in [0.3, 0.4) is 0 Å². The Morgan fingerprint density at radius 1 is 0.447 bits per heavy atom. The molecule has 5 aromatic heterocycles. The van der Waals surface area contributed by atoms with Gasteiger partial charge in [0.2, 0.25) is 0 Å². The predicted molar refractivity (Wildman–Crippen MR) is 183 cm³/mol. The summed E-state index contributed by atoms with van der Waals surface area (Å²) >= 11 is 0. The summed E-state index contributed by atoms with van der Waals surface area (Å²) < 4.78 is 2.29. The maximum atomic E-state index is 9.33. The number of nitrogens with zero attached hydrogens (tertiary/aromatic N) is 7. The second-order valence-corrected chi connectivity index (χ2v) is 11.0. The van der Waals surface area contributed by atoms with Gasteiger partial charge in [-0.1, -0.05) is 54.6 Å². The van der Waals surface area contributed by atoms with Gasteiger partial charge in [-0.3, -0.25) is 0 Å². The van der Waals surface area contributed by atoms with Crippen LogP contribution >= 0.6 is 0 Å². The van der Waals surface area contributed by atoms with Crippen molar-refractivity contribution < 1.29 is 0 Å². The molecule has 0 aliphatic rings. The van der Waals surface area contributed by atoms with Crippen LogP contribution in [0.1, 0.15) is 11.4 Å². The Labute approximate surface area is 270 Å². The molecular weight excluding hydrogens is 578 g/mol. The Hall–Kier alpha value is -6.96. The van der Waals surface area contributed by atoms with Crippen LogP contribution in [0.2, 0.25) is 0 Å². The first-order valence-corrected chi connectivity index (χ1v) is 15.0. The highest BCUT2D eigenvalue weighted by Gasteiger charge is 2.16. The van der Waals surface area contributed by atoms with Crippen molar-refractivity contribution in [3.05, 3.63) is 151 Å². The van der Waals surface area contributed by atoms with Crippen LogP contribution in [0.15, 0.2) is 140 Å². The lowest BCUT2D eigenvalue weighted by molar-refractivity contribution is 1.18. The maximum absolute atomic E-state index is 9.33. The molecule has 0 saturated heterocycles. The molecule has 0 saturated carbocycles. The van der Waals surface area contributed by atoms with Crippen LogP contribution in [-0.2, 0) is 0 Å². The minimum Gasteiger partial charge on any atom is -0.309 e. The normalized spacial score (nSPS) is 10.9. The molecule has 0 spiro atoms. The molecule has 0 atom stereocenters. The molecule has 7 heteroatoms. The Morgan fingerprint density at radius 3 is 1.34 bits per heavy atom. The summed E-state index contributed by atoms with van der Waals surface area (Å²) in [5, 5.41) is 20.9. The topological polar surface area (TPSA) is 104 Å².